The van der Waals surface area contributed by atoms with Gasteiger partial charge in [-0.1, -0.05) is 30.3 Å². The molecule has 2 aliphatic heterocycles. The number of quaternary nitrogens is 1. The Balaban J connectivity index is 1.49. The van der Waals surface area contributed by atoms with Gasteiger partial charge in [0.15, 0.2) is 12.4 Å². The number of nitrogens with zero attached hydrogens (tertiary/aromatic N) is 2. The zero-order valence-electron chi connectivity index (χ0n) is 15.0. The van der Waals surface area contributed by atoms with Crippen molar-refractivity contribution in [2.45, 2.75) is 13.0 Å². The molecule has 0 saturated heterocycles. The first-order chi connectivity index (χ1) is 13.1. The molecule has 2 aliphatic rings. The number of hydrogen-bond acceptors (Lipinski definition) is 4. The molecule has 2 atom stereocenters. The number of benzene rings is 2. The van der Waals surface area contributed by atoms with E-state index in [1.807, 2.05) is 73.1 Å². The minimum Gasteiger partial charge on any atom is -0.389 e. The fourth-order valence-corrected chi connectivity index (χ4v) is 3.11. The Morgan fingerprint density at radius 1 is 1.22 bits per heavy atom. The Hall–Kier alpha value is -3.22. The van der Waals surface area contributed by atoms with Crippen molar-refractivity contribution in [2.24, 2.45) is 4.99 Å². The van der Waals surface area contributed by atoms with Crippen molar-refractivity contribution in [1.29, 1.82) is 0 Å². The zero-order valence-corrected chi connectivity index (χ0v) is 15.0. The third-order valence-electron chi connectivity index (χ3n) is 4.58. The highest BCUT2D eigenvalue weighted by Crippen LogP contribution is 2.21. The number of amidine groups is 1. The van der Waals surface area contributed by atoms with Crippen LogP contribution in [0.4, 0.5) is 11.4 Å². The Kier molecular flexibility index (Phi) is 4.58. The first-order valence-electron chi connectivity index (χ1n) is 8.86. The molecule has 6 nitrogen and oxygen atoms in total. The number of para-hydroxylation sites is 1. The Morgan fingerprint density at radius 2 is 2.04 bits per heavy atom. The van der Waals surface area contributed by atoms with Crippen LogP contribution in [0.15, 0.2) is 83.8 Å². The molecule has 136 valence electrons. The maximum Gasteiger partial charge on any atom is 0.280 e. The maximum absolute atomic E-state index is 12.5. The summed E-state index contributed by atoms with van der Waals surface area (Å²) >= 11 is 0. The molecule has 3 N–H and O–H groups in total. The van der Waals surface area contributed by atoms with Gasteiger partial charge in [-0.05, 0) is 36.8 Å². The van der Waals surface area contributed by atoms with Gasteiger partial charge in [0.1, 0.15) is 6.20 Å². The second-order valence-corrected chi connectivity index (χ2v) is 6.59. The van der Waals surface area contributed by atoms with Crippen LogP contribution >= 0.6 is 0 Å². The minimum absolute atomic E-state index is 0.216. The molecule has 6 heteroatoms. The van der Waals surface area contributed by atoms with Crippen LogP contribution in [0.25, 0.3) is 0 Å². The third-order valence-corrected chi connectivity index (χ3v) is 4.58. The molecular formula is C21H21N4O2+. The molecule has 0 aromatic heterocycles. The summed E-state index contributed by atoms with van der Waals surface area (Å²) in [5, 5.41) is 12.7. The number of aliphatic hydroxyl groups is 1. The predicted molar refractivity (Wildman–Crippen MR) is 105 cm³/mol. The second-order valence-electron chi connectivity index (χ2n) is 6.59. The van der Waals surface area contributed by atoms with Gasteiger partial charge in [-0.25, -0.2) is 4.90 Å². The predicted octanol–water partition coefficient (Wildman–Crippen LogP) is 1.81. The van der Waals surface area contributed by atoms with E-state index in [0.29, 0.717) is 12.4 Å². The molecule has 2 aromatic carbocycles. The van der Waals surface area contributed by atoms with Crippen molar-refractivity contribution >= 4 is 23.1 Å². The van der Waals surface area contributed by atoms with E-state index in [2.05, 4.69) is 15.2 Å². The average Bonchev–Trinajstić information content (AvgIpc) is 3.12. The summed E-state index contributed by atoms with van der Waals surface area (Å²) in [5.74, 6) is 0.600. The standard InChI is InChI=1S/C21H20N4O2/c1-15(26)16-6-5-9-18(12-16)24-11-10-20-23-19(13-25(20)14-24)21(27)22-17-7-3-2-4-8-17/h2-13,15,26H,14H2,1H3,(H,22,27)/p+1. The highest BCUT2D eigenvalue weighted by molar-refractivity contribution is 6.06. The van der Waals surface area contributed by atoms with Gasteiger partial charge in [0.05, 0.1) is 6.10 Å². The number of rotatable bonds is 4. The van der Waals surface area contributed by atoms with Crippen LogP contribution in [-0.2, 0) is 4.79 Å². The highest BCUT2D eigenvalue weighted by atomic mass is 16.3. The molecule has 2 unspecified atom stereocenters. The monoisotopic (exact) mass is 361 g/mol. The topological polar surface area (TPSA) is 69.4 Å². The number of anilines is 2. The van der Waals surface area contributed by atoms with Crippen LogP contribution in [0.1, 0.15) is 18.6 Å². The first kappa shape index (κ1) is 17.2. The van der Waals surface area contributed by atoms with Gasteiger partial charge >= 0.3 is 0 Å². The van der Waals surface area contributed by atoms with Crippen molar-refractivity contribution in [2.75, 3.05) is 16.9 Å². The molecule has 0 fully saturated rings. The molecule has 0 saturated carbocycles. The van der Waals surface area contributed by atoms with E-state index >= 15 is 0 Å². The Labute approximate surface area is 157 Å². The van der Waals surface area contributed by atoms with Crippen LogP contribution in [-0.4, -0.2) is 23.5 Å². The summed E-state index contributed by atoms with van der Waals surface area (Å²) < 4.78 is 0. The van der Waals surface area contributed by atoms with Gasteiger partial charge < -0.3 is 10.4 Å². The average molecular weight is 361 g/mol. The van der Waals surface area contributed by atoms with E-state index < -0.39 is 6.10 Å². The highest BCUT2D eigenvalue weighted by Gasteiger charge is 2.30. The van der Waals surface area contributed by atoms with Gasteiger partial charge in [0.2, 0.25) is 5.84 Å². The lowest BCUT2D eigenvalue weighted by atomic mass is 10.1. The third kappa shape index (κ3) is 3.67. The lowest BCUT2D eigenvalue weighted by Gasteiger charge is -2.26. The van der Waals surface area contributed by atoms with E-state index in [0.717, 1.165) is 27.7 Å². The van der Waals surface area contributed by atoms with E-state index in [4.69, 9.17) is 0 Å². The van der Waals surface area contributed by atoms with Crippen LogP contribution in [0, 0.1) is 0 Å². The number of aliphatic hydroxyl groups excluding tert-OH is 1. The van der Waals surface area contributed by atoms with E-state index in [1.54, 1.807) is 6.92 Å². The summed E-state index contributed by atoms with van der Waals surface area (Å²) in [7, 11) is 0. The van der Waals surface area contributed by atoms with E-state index in [9.17, 15) is 9.90 Å². The number of carbonyl (C=O) groups excluding carboxylic acids is 1. The lowest BCUT2D eigenvalue weighted by Crippen LogP contribution is -3.11. The van der Waals surface area contributed by atoms with Crippen molar-refractivity contribution in [3.05, 3.63) is 84.3 Å². The molecule has 2 heterocycles. The van der Waals surface area contributed by atoms with Gasteiger partial charge in [-0.3, -0.25) is 9.69 Å². The van der Waals surface area contributed by atoms with Crippen LogP contribution in [0.5, 0.6) is 0 Å². The molecular weight excluding hydrogens is 340 g/mol. The molecule has 0 aliphatic carbocycles. The summed E-state index contributed by atoms with van der Waals surface area (Å²) in [6.45, 7) is 2.38. The van der Waals surface area contributed by atoms with Gasteiger partial charge in [0.25, 0.3) is 5.91 Å². The number of hydrogen-bond donors (Lipinski definition) is 3. The summed E-state index contributed by atoms with van der Waals surface area (Å²) in [6, 6.07) is 17.2. The molecule has 4 rings (SSSR count). The second kappa shape index (κ2) is 7.19. The summed E-state index contributed by atoms with van der Waals surface area (Å²) in [6.07, 6.45) is 5.19. The molecule has 1 amide bonds. The Bertz CT molecular complexity index is 948. The number of carbonyl (C=O) groups is 1. The molecule has 0 bridgehead atoms. The van der Waals surface area contributed by atoms with Crippen molar-refractivity contribution in [3.8, 4) is 0 Å². The number of nitrogens with one attached hydrogen (secondary N) is 2. The maximum atomic E-state index is 12.5. The SMILES string of the molecule is CC(O)c1cccc(N2C=CC3=NC(C(=O)Nc4ccccc4)=C[NH+]3C2)c1. The molecule has 27 heavy (non-hydrogen) atoms. The number of aliphatic imine (C=N–C) groups is 1. The molecule has 2 aromatic rings. The number of amides is 1. The quantitative estimate of drug-likeness (QED) is 0.778. The Morgan fingerprint density at radius 3 is 2.81 bits per heavy atom. The van der Waals surface area contributed by atoms with E-state index in [-0.39, 0.29) is 5.91 Å². The van der Waals surface area contributed by atoms with E-state index in [1.165, 1.54) is 0 Å². The van der Waals surface area contributed by atoms with Crippen molar-refractivity contribution in [1.82, 2.24) is 0 Å². The van der Waals surface area contributed by atoms with Crippen LogP contribution < -0.4 is 15.1 Å². The molecule has 0 radical (unpaired) electrons. The van der Waals surface area contributed by atoms with Crippen molar-refractivity contribution < 1.29 is 14.8 Å². The fraction of sp³-hybridized carbons (Fsp3) is 0.143. The van der Waals surface area contributed by atoms with Crippen LogP contribution in [0.2, 0.25) is 0 Å². The largest absolute Gasteiger partial charge is 0.389 e. The van der Waals surface area contributed by atoms with Gasteiger partial charge in [0, 0.05) is 23.7 Å². The summed E-state index contributed by atoms with van der Waals surface area (Å²) in [5.41, 5.74) is 3.02. The smallest absolute Gasteiger partial charge is 0.280 e. The van der Waals surface area contributed by atoms with Gasteiger partial charge in [-0.15, -0.1) is 0 Å². The minimum atomic E-state index is -0.511. The van der Waals surface area contributed by atoms with Crippen LogP contribution in [0.3, 0.4) is 0 Å². The number of fused-ring (bicyclic) bond motifs is 1. The van der Waals surface area contributed by atoms with Gasteiger partial charge in [-0.2, -0.15) is 4.99 Å². The lowest BCUT2D eigenvalue weighted by molar-refractivity contribution is -0.742. The first-order valence-corrected chi connectivity index (χ1v) is 8.86. The molecule has 0 spiro atoms. The van der Waals surface area contributed by atoms with Crippen molar-refractivity contribution in [3.63, 3.8) is 0 Å². The normalized spacial score (nSPS) is 19.2. The zero-order chi connectivity index (χ0) is 18.8. The fourth-order valence-electron chi connectivity index (χ4n) is 3.11. The summed E-state index contributed by atoms with van der Waals surface area (Å²) in [4.78, 5) is 20.0.